The van der Waals surface area contributed by atoms with E-state index in [1.165, 1.54) is 44.9 Å². The molecule has 0 aliphatic rings. The quantitative estimate of drug-likeness (QED) is 0.0276. The van der Waals surface area contributed by atoms with E-state index in [0.29, 0.717) is 6.42 Å². The van der Waals surface area contributed by atoms with E-state index in [1.54, 1.807) is 6.08 Å². The molecule has 0 fully saturated rings. The minimum Gasteiger partial charge on any atom is -0.387 e. The summed E-state index contributed by atoms with van der Waals surface area (Å²) in [5, 5.41) is 13.6. The number of nitrogens with one attached hydrogen (secondary N) is 1. The summed E-state index contributed by atoms with van der Waals surface area (Å²) in [5.74, 6) is -0.232. The smallest absolute Gasteiger partial charge is 0.387 e. The summed E-state index contributed by atoms with van der Waals surface area (Å²) in [6.45, 7) is 3.94. The molecule has 1 amide bonds. The van der Waals surface area contributed by atoms with Crippen molar-refractivity contribution in [1.82, 2.24) is 5.32 Å². The van der Waals surface area contributed by atoms with Gasteiger partial charge in [-0.1, -0.05) is 162 Å². The minimum atomic E-state index is -4.36. The molecule has 0 aromatic rings. The van der Waals surface area contributed by atoms with E-state index < -0.39 is 20.0 Å². The number of aliphatic hydroxyl groups is 1. The predicted octanol–water partition coefficient (Wildman–Crippen LogP) is 12.4. The van der Waals surface area contributed by atoms with Gasteiger partial charge >= 0.3 is 7.82 Å². The fourth-order valence-corrected chi connectivity index (χ4v) is 6.36. The van der Waals surface area contributed by atoms with Gasteiger partial charge in [0.1, 0.15) is 0 Å². The van der Waals surface area contributed by atoms with E-state index in [0.717, 1.165) is 96.3 Å². The molecule has 0 heterocycles. The van der Waals surface area contributed by atoms with Crippen LogP contribution in [-0.4, -0.2) is 47.8 Å². The summed E-state index contributed by atoms with van der Waals surface area (Å²) in [6.07, 6.45) is 57.4. The fraction of sp³-hybridized carbons (Fsp3) is 0.638. The fourth-order valence-electron chi connectivity index (χ4n) is 5.60. The van der Waals surface area contributed by atoms with Crippen LogP contribution in [0.15, 0.2) is 97.2 Å². The summed E-state index contributed by atoms with van der Waals surface area (Å²) < 4.78 is 22.1. The first-order valence-electron chi connectivity index (χ1n) is 21.9. The average molecular weight is 801 g/mol. The van der Waals surface area contributed by atoms with Crippen LogP contribution < -0.4 is 11.1 Å². The number of unbranched alkanes of at least 4 members (excludes halogenated alkanes) is 13. The van der Waals surface area contributed by atoms with Gasteiger partial charge in [0.2, 0.25) is 5.91 Å². The highest BCUT2D eigenvalue weighted by molar-refractivity contribution is 7.47. The molecule has 320 valence electrons. The Balaban J connectivity index is 4.35. The number of hydrogen-bond donors (Lipinski definition) is 4. The second-order valence-electron chi connectivity index (χ2n) is 14.1. The van der Waals surface area contributed by atoms with Gasteiger partial charge in [0, 0.05) is 13.0 Å². The Morgan fingerprint density at radius 2 is 1.05 bits per heavy atom. The third-order valence-electron chi connectivity index (χ3n) is 8.87. The minimum absolute atomic E-state index is 0.0627. The Morgan fingerprint density at radius 3 is 1.59 bits per heavy atom. The Morgan fingerprint density at radius 1 is 0.607 bits per heavy atom. The van der Waals surface area contributed by atoms with Gasteiger partial charge in [0.05, 0.1) is 25.4 Å². The van der Waals surface area contributed by atoms with E-state index in [-0.39, 0.29) is 25.7 Å². The predicted molar refractivity (Wildman–Crippen MR) is 239 cm³/mol. The van der Waals surface area contributed by atoms with Gasteiger partial charge in [-0.25, -0.2) is 4.57 Å². The highest BCUT2D eigenvalue weighted by Crippen LogP contribution is 2.43. The van der Waals surface area contributed by atoms with Crippen molar-refractivity contribution in [3.05, 3.63) is 97.2 Å². The lowest BCUT2D eigenvalue weighted by Gasteiger charge is -2.23. The number of hydrogen-bond acceptors (Lipinski definition) is 6. The number of nitrogens with two attached hydrogens (primary N) is 1. The molecule has 0 aromatic heterocycles. The molecule has 0 radical (unpaired) electrons. The molecule has 0 saturated carbocycles. The van der Waals surface area contributed by atoms with Crippen LogP contribution in [0.2, 0.25) is 0 Å². The van der Waals surface area contributed by atoms with Crippen molar-refractivity contribution in [3.8, 4) is 0 Å². The average Bonchev–Trinajstić information content (AvgIpc) is 3.19. The zero-order chi connectivity index (χ0) is 41.1. The van der Waals surface area contributed by atoms with Crippen molar-refractivity contribution in [2.24, 2.45) is 5.73 Å². The van der Waals surface area contributed by atoms with Crippen molar-refractivity contribution < 1.29 is 28.4 Å². The Bertz CT molecular complexity index is 1190. The van der Waals surface area contributed by atoms with Crippen LogP contribution in [0.3, 0.4) is 0 Å². The second kappa shape index (κ2) is 42.0. The largest absolute Gasteiger partial charge is 0.472 e. The molecule has 8 nitrogen and oxygen atoms in total. The van der Waals surface area contributed by atoms with Gasteiger partial charge < -0.3 is 21.1 Å². The molecule has 0 aromatic carbocycles. The summed E-state index contributed by atoms with van der Waals surface area (Å²) in [7, 11) is -4.36. The number of aliphatic hydroxyl groups excluding tert-OH is 1. The second-order valence-corrected chi connectivity index (χ2v) is 15.6. The van der Waals surface area contributed by atoms with E-state index in [4.69, 9.17) is 14.8 Å². The molecular weight excluding hydrogens is 719 g/mol. The molecule has 56 heavy (non-hydrogen) atoms. The molecule has 5 N–H and O–H groups in total. The van der Waals surface area contributed by atoms with Crippen molar-refractivity contribution in [1.29, 1.82) is 0 Å². The van der Waals surface area contributed by atoms with E-state index >= 15 is 0 Å². The molecule has 0 rings (SSSR count). The third-order valence-corrected chi connectivity index (χ3v) is 9.86. The normalized spacial score (nSPS) is 15.0. The third kappa shape index (κ3) is 39.6. The standard InChI is InChI=1S/C47H81N2O6P/c1-3-5-7-9-11-13-15-17-19-21-22-23-24-25-27-29-31-33-35-37-39-41-47(51)49-45(44-55-56(52,53)54-43-42-48)46(50)40-38-36-34-32-30-28-26-20-18-16-14-12-10-8-6-4-2/h5,7,11,13,17-20,22-23,25,27,30,32,38,40,45-46,50H,3-4,6,8-10,12,14-16,21,24,26,28-29,31,33-37,39,41-44,48H2,1-2H3,(H,49,51)(H,52,53)/b7-5-,13-11-,19-17-,20-18+,23-22-,27-25-,32-30+,40-38+. The number of phosphoric acid groups is 1. The summed E-state index contributed by atoms with van der Waals surface area (Å²) in [5.41, 5.74) is 5.37. The number of amides is 1. The van der Waals surface area contributed by atoms with Crippen LogP contribution in [0.25, 0.3) is 0 Å². The highest BCUT2D eigenvalue weighted by Gasteiger charge is 2.26. The molecule has 0 spiro atoms. The monoisotopic (exact) mass is 801 g/mol. The molecule has 3 atom stereocenters. The first-order chi connectivity index (χ1) is 27.4. The van der Waals surface area contributed by atoms with Crippen molar-refractivity contribution in [3.63, 3.8) is 0 Å². The maximum Gasteiger partial charge on any atom is 0.472 e. The van der Waals surface area contributed by atoms with Crippen LogP contribution in [0, 0.1) is 0 Å². The highest BCUT2D eigenvalue weighted by atomic mass is 31.2. The van der Waals surface area contributed by atoms with E-state index in [9.17, 15) is 19.4 Å². The van der Waals surface area contributed by atoms with Gasteiger partial charge in [-0.05, 0) is 89.9 Å². The lowest BCUT2D eigenvalue weighted by molar-refractivity contribution is -0.123. The van der Waals surface area contributed by atoms with Crippen molar-refractivity contribution >= 4 is 13.7 Å². The van der Waals surface area contributed by atoms with Crippen LogP contribution in [-0.2, 0) is 18.4 Å². The van der Waals surface area contributed by atoms with E-state index in [1.807, 2.05) is 6.08 Å². The maximum atomic E-state index is 12.8. The molecule has 0 aliphatic carbocycles. The van der Waals surface area contributed by atoms with Crippen LogP contribution in [0.1, 0.15) is 162 Å². The molecule has 0 saturated heterocycles. The number of carbonyl (C=O) groups is 1. The molecule has 0 aliphatic heterocycles. The van der Waals surface area contributed by atoms with Crippen LogP contribution in [0.4, 0.5) is 0 Å². The zero-order valence-corrected chi connectivity index (χ0v) is 36.2. The summed E-state index contributed by atoms with van der Waals surface area (Å²) >= 11 is 0. The van der Waals surface area contributed by atoms with Gasteiger partial charge in [-0.2, -0.15) is 0 Å². The maximum absolute atomic E-state index is 12.8. The molecule has 0 bridgehead atoms. The van der Waals surface area contributed by atoms with Crippen LogP contribution >= 0.6 is 7.82 Å². The summed E-state index contributed by atoms with van der Waals surface area (Å²) in [4.78, 5) is 22.7. The van der Waals surface area contributed by atoms with Gasteiger partial charge in [-0.15, -0.1) is 0 Å². The van der Waals surface area contributed by atoms with Gasteiger partial charge in [0.15, 0.2) is 0 Å². The van der Waals surface area contributed by atoms with Crippen molar-refractivity contribution in [2.75, 3.05) is 19.8 Å². The lowest BCUT2D eigenvalue weighted by atomic mass is 10.1. The number of rotatable bonds is 39. The lowest BCUT2D eigenvalue weighted by Crippen LogP contribution is -2.45. The molecular formula is C47H81N2O6P. The Kier molecular flexibility index (Phi) is 40.1. The number of allylic oxidation sites excluding steroid dienone is 15. The molecule has 9 heteroatoms. The van der Waals surface area contributed by atoms with Gasteiger partial charge in [-0.3, -0.25) is 13.8 Å². The summed E-state index contributed by atoms with van der Waals surface area (Å²) in [6, 6.07) is -0.900. The van der Waals surface area contributed by atoms with Gasteiger partial charge in [0.25, 0.3) is 0 Å². The topological polar surface area (TPSA) is 131 Å². The molecule has 3 unspecified atom stereocenters. The zero-order valence-electron chi connectivity index (χ0n) is 35.3. The first-order valence-corrected chi connectivity index (χ1v) is 23.4. The number of carbonyl (C=O) groups excluding carboxylic acids is 1. The SMILES string of the molecule is CC/C=C\C/C=C\C/C=C\C/C=C\C/C=C\CCCCCCCC(=O)NC(COP(=O)(O)OCCN)C(O)/C=C/CC/C=C/CC/C=C/CCCCCCCC. The van der Waals surface area contributed by atoms with Crippen LogP contribution in [0.5, 0.6) is 0 Å². The Labute approximate surface area is 342 Å². The first kappa shape index (κ1) is 53.4. The van der Waals surface area contributed by atoms with Crippen molar-refractivity contribution in [2.45, 2.75) is 174 Å². The Hall–Kier alpha value is -2.58. The number of phosphoric ester groups is 1. The van der Waals surface area contributed by atoms with E-state index in [2.05, 4.69) is 104 Å².